The Kier molecular flexibility index (Phi) is 8.17. The summed E-state index contributed by atoms with van der Waals surface area (Å²) in [6.07, 6.45) is 1.96. The fourth-order valence-electron chi connectivity index (χ4n) is 6.75. The van der Waals surface area contributed by atoms with E-state index < -0.39 is 0 Å². The molecule has 0 spiro atoms. The Balaban J connectivity index is 0.00000372. The Hall–Kier alpha value is -4.24. The van der Waals surface area contributed by atoms with Crippen LogP contribution in [-0.4, -0.2) is 15.0 Å². The van der Waals surface area contributed by atoms with Crippen LogP contribution in [0.3, 0.4) is 0 Å². The van der Waals surface area contributed by atoms with Crippen LogP contribution in [0.4, 0.5) is 0 Å². The van der Waals surface area contributed by atoms with Crippen LogP contribution < -0.4 is 0 Å². The Labute approximate surface area is 286 Å². The Morgan fingerprint density at radius 2 is 1.02 bits per heavy atom. The Morgan fingerprint density at radius 3 is 1.57 bits per heavy atom. The zero-order valence-electron chi connectivity index (χ0n) is 27.2. The van der Waals surface area contributed by atoms with Crippen LogP contribution in [0.25, 0.3) is 56.3 Å². The molecule has 0 saturated heterocycles. The SMILES string of the molecule is CC1(C)c2c[c-]c(-c3ccc(-c4ccc(-c5nc(-c6ccccc6)cc(-c6ccccc6)n5)cc4)cn3)cc2C(C)(C)C1(C)C.[Ir]. The fraction of sp³-hybridized carbons (Fsp3) is 0.214. The van der Waals surface area contributed by atoms with Crippen molar-refractivity contribution in [1.82, 2.24) is 15.0 Å². The maximum absolute atomic E-state index is 4.97. The molecule has 0 amide bonds. The molecule has 0 bridgehead atoms. The van der Waals surface area contributed by atoms with E-state index in [4.69, 9.17) is 15.0 Å². The topological polar surface area (TPSA) is 38.7 Å². The molecule has 0 aliphatic heterocycles. The molecule has 1 aliphatic carbocycles. The molecule has 1 aliphatic rings. The minimum Gasteiger partial charge on any atom is -0.304 e. The average Bonchev–Trinajstić information content (AvgIpc) is 3.18. The first-order chi connectivity index (χ1) is 21.6. The Bertz CT molecular complexity index is 1940. The summed E-state index contributed by atoms with van der Waals surface area (Å²) in [6, 6.07) is 43.4. The van der Waals surface area contributed by atoms with Crippen LogP contribution in [0.5, 0.6) is 0 Å². The Morgan fingerprint density at radius 1 is 0.500 bits per heavy atom. The van der Waals surface area contributed by atoms with Crippen LogP contribution in [0, 0.1) is 11.5 Å². The van der Waals surface area contributed by atoms with Crippen molar-refractivity contribution in [1.29, 1.82) is 0 Å². The average molecular weight is 777 g/mol. The predicted molar refractivity (Wildman–Crippen MR) is 186 cm³/mol. The van der Waals surface area contributed by atoms with Gasteiger partial charge >= 0.3 is 0 Å². The second-order valence-electron chi connectivity index (χ2n) is 13.8. The van der Waals surface area contributed by atoms with Crippen molar-refractivity contribution >= 4 is 0 Å². The van der Waals surface area contributed by atoms with Crippen molar-refractivity contribution in [3.63, 3.8) is 0 Å². The van der Waals surface area contributed by atoms with Crippen LogP contribution in [0.15, 0.2) is 121 Å². The molecule has 231 valence electrons. The maximum Gasteiger partial charge on any atom is 0.160 e. The van der Waals surface area contributed by atoms with Gasteiger partial charge in [0.1, 0.15) is 0 Å². The summed E-state index contributed by atoms with van der Waals surface area (Å²) in [4.78, 5) is 14.8. The molecule has 2 aromatic heterocycles. The zero-order chi connectivity index (χ0) is 31.4. The van der Waals surface area contributed by atoms with E-state index >= 15 is 0 Å². The van der Waals surface area contributed by atoms with Crippen molar-refractivity contribution in [3.8, 4) is 56.3 Å². The van der Waals surface area contributed by atoms with Gasteiger partial charge in [0.25, 0.3) is 0 Å². The third kappa shape index (κ3) is 5.24. The molecule has 6 aromatic rings. The third-order valence-electron chi connectivity index (χ3n) is 10.8. The van der Waals surface area contributed by atoms with Gasteiger partial charge in [-0.15, -0.1) is 34.9 Å². The van der Waals surface area contributed by atoms with Gasteiger partial charge in [0, 0.05) is 43.0 Å². The van der Waals surface area contributed by atoms with Gasteiger partial charge in [-0.05, 0) is 39.1 Å². The summed E-state index contributed by atoms with van der Waals surface area (Å²) >= 11 is 0. The van der Waals surface area contributed by atoms with Crippen molar-refractivity contribution in [2.45, 2.75) is 52.4 Å². The molecular weight excluding hydrogens is 739 g/mol. The molecule has 0 atom stereocenters. The molecular formula is C42H38IrN3-. The molecule has 4 aromatic carbocycles. The minimum atomic E-state index is 0. The molecule has 0 fully saturated rings. The quantitative estimate of drug-likeness (QED) is 0.164. The first-order valence-electron chi connectivity index (χ1n) is 15.7. The number of hydrogen-bond acceptors (Lipinski definition) is 3. The molecule has 0 saturated carbocycles. The van der Waals surface area contributed by atoms with Crippen LogP contribution in [0.2, 0.25) is 0 Å². The van der Waals surface area contributed by atoms with Gasteiger partial charge in [0.05, 0.1) is 11.4 Å². The maximum atomic E-state index is 4.97. The molecule has 46 heavy (non-hydrogen) atoms. The molecule has 1 radical (unpaired) electrons. The number of aromatic nitrogens is 3. The van der Waals surface area contributed by atoms with E-state index in [1.54, 1.807) is 0 Å². The molecule has 7 rings (SSSR count). The van der Waals surface area contributed by atoms with Crippen LogP contribution in [-0.2, 0) is 30.9 Å². The number of fused-ring (bicyclic) bond motifs is 1. The van der Waals surface area contributed by atoms with Crippen molar-refractivity contribution in [2.24, 2.45) is 5.41 Å². The molecule has 4 heteroatoms. The number of hydrogen-bond donors (Lipinski definition) is 0. The van der Waals surface area contributed by atoms with Gasteiger partial charge in [-0.1, -0.05) is 139 Å². The summed E-state index contributed by atoms with van der Waals surface area (Å²) in [5.74, 6) is 0.705. The van der Waals surface area contributed by atoms with Gasteiger partial charge in [-0.3, -0.25) is 0 Å². The number of benzene rings is 4. The molecule has 2 heterocycles. The molecule has 0 N–H and O–H groups in total. The normalized spacial score (nSPS) is 15.5. The number of nitrogens with zero attached hydrogens (tertiary/aromatic N) is 3. The summed E-state index contributed by atoms with van der Waals surface area (Å²) in [7, 11) is 0. The van der Waals surface area contributed by atoms with E-state index in [2.05, 4.69) is 126 Å². The van der Waals surface area contributed by atoms with Crippen LogP contribution in [0.1, 0.15) is 52.7 Å². The number of pyridine rings is 1. The summed E-state index contributed by atoms with van der Waals surface area (Å²) in [5, 5.41) is 0. The zero-order valence-corrected chi connectivity index (χ0v) is 29.6. The van der Waals surface area contributed by atoms with Gasteiger partial charge in [-0.25, -0.2) is 9.97 Å². The minimum absolute atomic E-state index is 0. The fourth-order valence-corrected chi connectivity index (χ4v) is 6.75. The summed E-state index contributed by atoms with van der Waals surface area (Å²) in [6.45, 7) is 14.2. The van der Waals surface area contributed by atoms with E-state index in [9.17, 15) is 0 Å². The second kappa shape index (κ2) is 11.8. The van der Waals surface area contributed by atoms with Gasteiger partial charge in [0.15, 0.2) is 5.82 Å². The standard InChI is InChI=1S/C42H38N3.Ir/c1-40(2)34-23-21-32(25-35(34)41(3,4)42(40,5)6)36-24-22-33(27-43-36)28-17-19-31(20-18-28)39-44-37(29-13-9-7-10-14-29)26-38(45-39)30-15-11-8-12-16-30;/h7-20,22-27H,1-6H3;/q-1;. The van der Waals surface area contributed by atoms with Crippen LogP contribution >= 0.6 is 0 Å². The van der Waals surface area contributed by atoms with E-state index in [0.717, 1.165) is 50.5 Å². The molecule has 0 unspecified atom stereocenters. The van der Waals surface area contributed by atoms with E-state index in [1.807, 2.05) is 42.6 Å². The predicted octanol–water partition coefficient (Wildman–Crippen LogP) is 10.6. The van der Waals surface area contributed by atoms with E-state index in [-0.39, 0.29) is 36.4 Å². The van der Waals surface area contributed by atoms with Gasteiger partial charge in [0.2, 0.25) is 0 Å². The van der Waals surface area contributed by atoms with E-state index in [0.29, 0.717) is 5.82 Å². The first kappa shape index (κ1) is 31.7. The summed E-state index contributed by atoms with van der Waals surface area (Å²) < 4.78 is 0. The largest absolute Gasteiger partial charge is 0.304 e. The van der Waals surface area contributed by atoms with Crippen molar-refractivity contribution < 1.29 is 20.1 Å². The van der Waals surface area contributed by atoms with Crippen molar-refractivity contribution in [2.75, 3.05) is 0 Å². The monoisotopic (exact) mass is 777 g/mol. The first-order valence-corrected chi connectivity index (χ1v) is 15.7. The summed E-state index contributed by atoms with van der Waals surface area (Å²) in [5.41, 5.74) is 12.1. The van der Waals surface area contributed by atoms with Gasteiger partial charge < -0.3 is 4.98 Å². The number of rotatable bonds is 5. The molecule has 3 nitrogen and oxygen atoms in total. The third-order valence-corrected chi connectivity index (χ3v) is 10.8. The smallest absolute Gasteiger partial charge is 0.160 e. The van der Waals surface area contributed by atoms with E-state index in [1.165, 1.54) is 11.1 Å². The van der Waals surface area contributed by atoms with Gasteiger partial charge in [-0.2, -0.15) is 0 Å². The van der Waals surface area contributed by atoms with Crippen molar-refractivity contribution in [3.05, 3.63) is 139 Å². The second-order valence-corrected chi connectivity index (χ2v) is 13.8.